The first-order valence-electron chi connectivity index (χ1n) is 11.1. The molecule has 0 bridgehead atoms. The van der Waals surface area contributed by atoms with Gasteiger partial charge in [-0.25, -0.2) is 0 Å². The highest BCUT2D eigenvalue weighted by Crippen LogP contribution is 2.66. The van der Waals surface area contributed by atoms with Crippen LogP contribution in [0, 0.1) is 34.5 Å². The van der Waals surface area contributed by atoms with Crippen LogP contribution in [0.15, 0.2) is 11.6 Å². The van der Waals surface area contributed by atoms with Crippen LogP contribution in [-0.2, 0) is 9.59 Å². The predicted octanol–water partition coefficient (Wildman–Crippen LogP) is 3.60. The molecule has 0 spiro atoms. The van der Waals surface area contributed by atoms with Crippen molar-refractivity contribution >= 4 is 11.7 Å². The summed E-state index contributed by atoms with van der Waals surface area (Å²) in [6.07, 6.45) is 11.8. The van der Waals surface area contributed by atoms with Gasteiger partial charge >= 0.3 is 0 Å². The smallest absolute Gasteiger partial charge is 0.220 e. The molecule has 0 aromatic carbocycles. The van der Waals surface area contributed by atoms with Crippen LogP contribution in [0.5, 0.6) is 0 Å². The Morgan fingerprint density at radius 1 is 1.15 bits per heavy atom. The fraction of sp³-hybridized carbons (Fsp3) is 0.826. The van der Waals surface area contributed by atoms with Crippen LogP contribution in [0.1, 0.15) is 71.6 Å². The van der Waals surface area contributed by atoms with Crippen molar-refractivity contribution in [3.63, 3.8) is 0 Å². The monoisotopic (exact) mass is 372 g/mol. The SMILES string of the molecule is C[C@]12CCC(=O)C=C1CC[C@@H]1[C@@H]2CC[C@]2(C)C(CC(=O)NCCN)CC[C@@H]12. The molecule has 1 unspecified atom stereocenters. The summed E-state index contributed by atoms with van der Waals surface area (Å²) in [4.78, 5) is 24.3. The second kappa shape index (κ2) is 7.02. The minimum Gasteiger partial charge on any atom is -0.355 e. The van der Waals surface area contributed by atoms with Crippen molar-refractivity contribution < 1.29 is 9.59 Å². The van der Waals surface area contributed by atoms with Crippen LogP contribution in [0.4, 0.5) is 0 Å². The van der Waals surface area contributed by atoms with Crippen molar-refractivity contribution in [3.8, 4) is 0 Å². The zero-order valence-corrected chi connectivity index (χ0v) is 17.1. The van der Waals surface area contributed by atoms with Crippen LogP contribution in [-0.4, -0.2) is 24.8 Å². The quantitative estimate of drug-likeness (QED) is 0.792. The fourth-order valence-electron chi connectivity index (χ4n) is 7.51. The Morgan fingerprint density at radius 2 is 1.96 bits per heavy atom. The normalized spacial score (nSPS) is 43.4. The first-order chi connectivity index (χ1) is 12.9. The van der Waals surface area contributed by atoms with E-state index in [2.05, 4.69) is 19.2 Å². The Hall–Kier alpha value is -1.16. The summed E-state index contributed by atoms with van der Waals surface area (Å²) in [5, 5.41) is 2.97. The molecule has 4 rings (SSSR count). The van der Waals surface area contributed by atoms with Crippen molar-refractivity contribution in [1.82, 2.24) is 5.32 Å². The largest absolute Gasteiger partial charge is 0.355 e. The van der Waals surface area contributed by atoms with Crippen molar-refractivity contribution in [3.05, 3.63) is 11.6 Å². The van der Waals surface area contributed by atoms with Gasteiger partial charge in [-0.05, 0) is 85.5 Å². The Kier molecular flexibility index (Phi) is 4.99. The third-order valence-corrected chi connectivity index (χ3v) is 9.06. The van der Waals surface area contributed by atoms with Gasteiger partial charge in [-0.2, -0.15) is 0 Å². The van der Waals surface area contributed by atoms with E-state index in [1.54, 1.807) is 0 Å². The highest BCUT2D eigenvalue weighted by atomic mass is 16.1. The standard InChI is InChI=1S/C23H36N2O2/c1-22-9-7-17(26)13-15(22)3-5-18-19-6-4-16(14-21(27)25-12-11-24)23(19,2)10-8-20(18)22/h13,16,18-20H,3-12,14,24H2,1-2H3,(H,25,27)/t16?,18-,19-,20-,22-,23+/m0/s1. The molecule has 0 heterocycles. The van der Waals surface area contributed by atoms with E-state index in [0.29, 0.717) is 36.6 Å². The van der Waals surface area contributed by atoms with Gasteiger partial charge in [0.25, 0.3) is 0 Å². The molecule has 0 saturated heterocycles. The average Bonchev–Trinajstić information content (AvgIpc) is 2.97. The van der Waals surface area contributed by atoms with E-state index in [9.17, 15) is 9.59 Å². The van der Waals surface area contributed by atoms with Gasteiger partial charge in [0.15, 0.2) is 5.78 Å². The van der Waals surface area contributed by atoms with E-state index in [4.69, 9.17) is 5.73 Å². The third-order valence-electron chi connectivity index (χ3n) is 9.06. The summed E-state index contributed by atoms with van der Waals surface area (Å²) in [6, 6.07) is 0. The van der Waals surface area contributed by atoms with Crippen LogP contribution >= 0.6 is 0 Å². The van der Waals surface area contributed by atoms with E-state index < -0.39 is 0 Å². The molecular formula is C23H36N2O2. The Balaban J connectivity index is 1.51. The van der Waals surface area contributed by atoms with Crippen LogP contribution in [0.25, 0.3) is 0 Å². The highest BCUT2D eigenvalue weighted by Gasteiger charge is 2.58. The van der Waals surface area contributed by atoms with E-state index >= 15 is 0 Å². The number of rotatable bonds is 4. The molecule has 27 heavy (non-hydrogen) atoms. The Bertz CT molecular complexity index is 657. The van der Waals surface area contributed by atoms with E-state index in [1.165, 1.54) is 37.7 Å². The van der Waals surface area contributed by atoms with Crippen molar-refractivity contribution in [2.75, 3.05) is 13.1 Å². The lowest BCUT2D eigenvalue weighted by Crippen LogP contribution is -2.50. The van der Waals surface area contributed by atoms with Crippen LogP contribution in [0.2, 0.25) is 0 Å². The summed E-state index contributed by atoms with van der Waals surface area (Å²) < 4.78 is 0. The maximum absolute atomic E-state index is 12.3. The van der Waals surface area contributed by atoms with Gasteiger partial charge in [-0.1, -0.05) is 19.4 Å². The van der Waals surface area contributed by atoms with Crippen molar-refractivity contribution in [2.24, 2.45) is 40.2 Å². The number of allylic oxidation sites excluding steroid dienone is 1. The van der Waals surface area contributed by atoms with E-state index in [-0.39, 0.29) is 11.3 Å². The predicted molar refractivity (Wildman–Crippen MR) is 107 cm³/mol. The second-order valence-corrected chi connectivity index (χ2v) is 10.1. The number of fused-ring (bicyclic) bond motifs is 5. The van der Waals surface area contributed by atoms with Gasteiger partial charge in [0, 0.05) is 25.9 Å². The Labute approximate surface area is 163 Å². The number of hydrogen-bond donors (Lipinski definition) is 2. The molecule has 150 valence electrons. The van der Waals surface area contributed by atoms with E-state index in [1.807, 2.05) is 6.08 Å². The lowest BCUT2D eigenvalue weighted by atomic mass is 9.47. The number of ketones is 1. The van der Waals surface area contributed by atoms with Gasteiger partial charge in [-0.15, -0.1) is 0 Å². The number of carbonyl (C=O) groups is 2. The molecule has 1 amide bonds. The summed E-state index contributed by atoms with van der Waals surface area (Å²) in [5.74, 6) is 3.29. The molecule has 3 fully saturated rings. The summed E-state index contributed by atoms with van der Waals surface area (Å²) in [6.45, 7) is 6.01. The summed E-state index contributed by atoms with van der Waals surface area (Å²) in [7, 11) is 0. The number of nitrogens with two attached hydrogens (primary N) is 1. The molecule has 4 nitrogen and oxygen atoms in total. The van der Waals surface area contributed by atoms with Gasteiger partial charge in [0.2, 0.25) is 5.91 Å². The molecule has 0 aromatic heterocycles. The molecule has 3 saturated carbocycles. The first kappa shape index (κ1) is 19.2. The number of hydrogen-bond acceptors (Lipinski definition) is 3. The minimum atomic E-state index is 0.182. The van der Waals surface area contributed by atoms with Gasteiger partial charge in [-0.3, -0.25) is 9.59 Å². The maximum Gasteiger partial charge on any atom is 0.220 e. The van der Waals surface area contributed by atoms with Crippen molar-refractivity contribution in [1.29, 1.82) is 0 Å². The summed E-state index contributed by atoms with van der Waals surface area (Å²) in [5.41, 5.74) is 7.52. The molecule has 6 atom stereocenters. The molecule has 4 aliphatic rings. The highest BCUT2D eigenvalue weighted by molar-refractivity contribution is 5.91. The number of carbonyl (C=O) groups excluding carboxylic acids is 2. The maximum atomic E-state index is 12.3. The molecule has 0 radical (unpaired) electrons. The molecule has 4 aliphatic carbocycles. The average molecular weight is 373 g/mol. The van der Waals surface area contributed by atoms with Crippen molar-refractivity contribution in [2.45, 2.75) is 71.6 Å². The molecule has 0 aromatic rings. The zero-order chi connectivity index (χ0) is 19.2. The first-order valence-corrected chi connectivity index (χ1v) is 11.1. The van der Waals surface area contributed by atoms with Gasteiger partial charge in [0.1, 0.15) is 0 Å². The second-order valence-electron chi connectivity index (χ2n) is 10.1. The number of amides is 1. The minimum absolute atomic E-state index is 0.182. The summed E-state index contributed by atoms with van der Waals surface area (Å²) >= 11 is 0. The van der Waals surface area contributed by atoms with E-state index in [0.717, 1.165) is 37.0 Å². The fourth-order valence-corrected chi connectivity index (χ4v) is 7.51. The molecule has 4 heteroatoms. The molecule has 0 aliphatic heterocycles. The van der Waals surface area contributed by atoms with Gasteiger partial charge < -0.3 is 11.1 Å². The molecular weight excluding hydrogens is 336 g/mol. The molecule has 3 N–H and O–H groups in total. The lowest BCUT2D eigenvalue weighted by Gasteiger charge is -2.58. The lowest BCUT2D eigenvalue weighted by molar-refractivity contribution is -0.124. The number of nitrogens with one attached hydrogen (secondary N) is 1. The Morgan fingerprint density at radius 3 is 2.74 bits per heavy atom. The van der Waals surface area contributed by atoms with Gasteiger partial charge in [0.05, 0.1) is 0 Å². The van der Waals surface area contributed by atoms with Crippen LogP contribution < -0.4 is 11.1 Å². The third kappa shape index (κ3) is 3.08. The topological polar surface area (TPSA) is 72.2 Å². The zero-order valence-electron chi connectivity index (χ0n) is 17.1. The van der Waals surface area contributed by atoms with Crippen LogP contribution in [0.3, 0.4) is 0 Å².